The van der Waals surface area contributed by atoms with Gasteiger partial charge in [-0.25, -0.2) is 4.79 Å². The van der Waals surface area contributed by atoms with Crippen LogP contribution in [0.4, 0.5) is 4.79 Å². The minimum Gasteiger partial charge on any atom is -0.508 e. The van der Waals surface area contributed by atoms with E-state index in [4.69, 9.17) is 4.74 Å². The SMILES string of the molecule is CC(C)(C)OC(=O)NCCC(=O)N1CCCN(C(=O)c2cccc(O)c2)CC1. The number of phenols is 1. The van der Waals surface area contributed by atoms with E-state index < -0.39 is 11.7 Å². The minimum atomic E-state index is -0.579. The van der Waals surface area contributed by atoms with Crippen LogP contribution in [0.15, 0.2) is 24.3 Å². The van der Waals surface area contributed by atoms with Gasteiger partial charge < -0.3 is 25.0 Å². The number of nitrogens with one attached hydrogen (secondary N) is 1. The van der Waals surface area contributed by atoms with Gasteiger partial charge in [0.1, 0.15) is 11.4 Å². The lowest BCUT2D eigenvalue weighted by Crippen LogP contribution is -2.39. The van der Waals surface area contributed by atoms with Crippen molar-refractivity contribution >= 4 is 17.9 Å². The van der Waals surface area contributed by atoms with Crippen LogP contribution < -0.4 is 5.32 Å². The van der Waals surface area contributed by atoms with Crippen LogP contribution in [0, 0.1) is 0 Å². The molecule has 1 aromatic carbocycles. The maximum Gasteiger partial charge on any atom is 0.407 e. The highest BCUT2D eigenvalue weighted by atomic mass is 16.6. The molecule has 0 radical (unpaired) electrons. The van der Waals surface area contributed by atoms with E-state index >= 15 is 0 Å². The van der Waals surface area contributed by atoms with Crippen molar-refractivity contribution < 1.29 is 24.2 Å². The van der Waals surface area contributed by atoms with Crippen LogP contribution in [-0.4, -0.2) is 71.1 Å². The van der Waals surface area contributed by atoms with Crippen molar-refractivity contribution in [1.29, 1.82) is 0 Å². The van der Waals surface area contributed by atoms with Gasteiger partial charge in [-0.15, -0.1) is 0 Å². The zero-order valence-corrected chi connectivity index (χ0v) is 16.7. The lowest BCUT2D eigenvalue weighted by Gasteiger charge is -2.23. The Kier molecular flexibility index (Phi) is 7.25. The molecule has 1 fully saturated rings. The first-order valence-corrected chi connectivity index (χ1v) is 9.48. The summed E-state index contributed by atoms with van der Waals surface area (Å²) < 4.78 is 5.14. The van der Waals surface area contributed by atoms with Crippen LogP contribution in [0.3, 0.4) is 0 Å². The smallest absolute Gasteiger partial charge is 0.407 e. The Hall–Kier alpha value is -2.77. The fraction of sp³-hybridized carbons (Fsp3) is 0.550. The van der Waals surface area contributed by atoms with Gasteiger partial charge in [0.05, 0.1) is 0 Å². The zero-order valence-electron chi connectivity index (χ0n) is 16.7. The van der Waals surface area contributed by atoms with E-state index in [9.17, 15) is 19.5 Å². The molecule has 1 aliphatic heterocycles. The third-order valence-electron chi connectivity index (χ3n) is 4.24. The third-order valence-corrected chi connectivity index (χ3v) is 4.24. The molecule has 1 aliphatic rings. The summed E-state index contributed by atoms with van der Waals surface area (Å²) in [5, 5.41) is 12.1. The number of ether oxygens (including phenoxy) is 1. The van der Waals surface area contributed by atoms with Crippen LogP contribution in [-0.2, 0) is 9.53 Å². The van der Waals surface area contributed by atoms with Crippen molar-refractivity contribution in [3.8, 4) is 5.75 Å². The van der Waals surface area contributed by atoms with Crippen LogP contribution >= 0.6 is 0 Å². The normalized spacial score (nSPS) is 15.0. The average Bonchev–Trinajstić information content (AvgIpc) is 2.85. The average molecular weight is 391 g/mol. The second-order valence-electron chi connectivity index (χ2n) is 7.76. The van der Waals surface area contributed by atoms with Gasteiger partial charge in [-0.05, 0) is 45.4 Å². The first kappa shape index (κ1) is 21.5. The number of rotatable bonds is 4. The topological polar surface area (TPSA) is 99.2 Å². The summed E-state index contributed by atoms with van der Waals surface area (Å²) in [6.45, 7) is 7.52. The van der Waals surface area contributed by atoms with E-state index in [2.05, 4.69) is 5.32 Å². The molecule has 8 heteroatoms. The Morgan fingerprint density at radius 2 is 1.79 bits per heavy atom. The summed E-state index contributed by atoms with van der Waals surface area (Å²) in [6, 6.07) is 6.26. The van der Waals surface area contributed by atoms with Gasteiger partial charge in [0.15, 0.2) is 0 Å². The number of hydrogen-bond donors (Lipinski definition) is 2. The van der Waals surface area contributed by atoms with Crippen molar-refractivity contribution in [2.45, 2.75) is 39.2 Å². The van der Waals surface area contributed by atoms with Gasteiger partial charge in [-0.1, -0.05) is 6.07 Å². The number of alkyl carbamates (subject to hydrolysis) is 1. The number of aromatic hydroxyl groups is 1. The van der Waals surface area contributed by atoms with Gasteiger partial charge in [0.2, 0.25) is 5.91 Å². The molecule has 0 unspecified atom stereocenters. The fourth-order valence-corrected chi connectivity index (χ4v) is 2.94. The Morgan fingerprint density at radius 3 is 2.46 bits per heavy atom. The molecule has 0 bridgehead atoms. The molecule has 0 aliphatic carbocycles. The van der Waals surface area contributed by atoms with E-state index in [1.54, 1.807) is 42.7 Å². The summed E-state index contributed by atoms with van der Waals surface area (Å²) in [6.07, 6.45) is 0.314. The molecule has 28 heavy (non-hydrogen) atoms. The van der Waals surface area contributed by atoms with E-state index in [-0.39, 0.29) is 30.5 Å². The summed E-state index contributed by atoms with van der Waals surface area (Å²) in [4.78, 5) is 40.0. The quantitative estimate of drug-likeness (QED) is 0.818. The lowest BCUT2D eigenvalue weighted by atomic mass is 10.2. The molecule has 0 saturated carbocycles. The van der Waals surface area contributed by atoms with Crippen LogP contribution in [0.1, 0.15) is 44.0 Å². The highest BCUT2D eigenvalue weighted by Gasteiger charge is 2.23. The van der Waals surface area contributed by atoms with Crippen molar-refractivity contribution in [1.82, 2.24) is 15.1 Å². The molecule has 0 spiro atoms. The number of amides is 3. The molecule has 2 rings (SSSR count). The predicted molar refractivity (Wildman–Crippen MR) is 104 cm³/mol. The van der Waals surface area contributed by atoms with Gasteiger partial charge in [0, 0.05) is 44.7 Å². The Balaban J connectivity index is 1.80. The molecule has 2 N–H and O–H groups in total. The maximum atomic E-state index is 12.6. The van der Waals surface area contributed by atoms with E-state index in [1.165, 1.54) is 12.1 Å². The Labute approximate surface area is 165 Å². The second kappa shape index (κ2) is 9.43. The number of nitrogens with zero attached hydrogens (tertiary/aromatic N) is 2. The number of carbonyl (C=O) groups is 3. The largest absolute Gasteiger partial charge is 0.508 e. The predicted octanol–water partition coefficient (Wildman–Crippen LogP) is 1.98. The summed E-state index contributed by atoms with van der Waals surface area (Å²) in [7, 11) is 0. The number of hydrogen-bond acceptors (Lipinski definition) is 5. The van der Waals surface area contributed by atoms with Gasteiger partial charge >= 0.3 is 6.09 Å². The van der Waals surface area contributed by atoms with Crippen LogP contribution in [0.2, 0.25) is 0 Å². The monoisotopic (exact) mass is 391 g/mol. The summed E-state index contributed by atoms with van der Waals surface area (Å²) in [5.74, 6) is -0.172. The highest BCUT2D eigenvalue weighted by Crippen LogP contribution is 2.15. The van der Waals surface area contributed by atoms with E-state index in [0.29, 0.717) is 38.2 Å². The molecule has 0 aromatic heterocycles. The molecule has 3 amide bonds. The summed E-state index contributed by atoms with van der Waals surface area (Å²) >= 11 is 0. The molecule has 0 atom stereocenters. The van der Waals surface area contributed by atoms with Crippen LogP contribution in [0.5, 0.6) is 5.75 Å². The highest BCUT2D eigenvalue weighted by molar-refractivity contribution is 5.94. The van der Waals surface area contributed by atoms with E-state index in [1.807, 2.05) is 0 Å². The number of benzene rings is 1. The maximum absolute atomic E-state index is 12.6. The lowest BCUT2D eigenvalue weighted by molar-refractivity contribution is -0.130. The number of carbonyl (C=O) groups excluding carboxylic acids is 3. The molecular formula is C20H29N3O5. The first-order chi connectivity index (χ1) is 13.2. The molecular weight excluding hydrogens is 362 g/mol. The van der Waals surface area contributed by atoms with Crippen LogP contribution in [0.25, 0.3) is 0 Å². The standard InChI is InChI=1S/C20H29N3O5/c1-20(2,3)28-19(27)21-9-8-17(25)22-10-5-11-23(13-12-22)18(26)15-6-4-7-16(24)14-15/h4,6-7,14,24H,5,8-13H2,1-3H3,(H,21,27). The zero-order chi connectivity index (χ0) is 20.7. The van der Waals surface area contributed by atoms with Crippen molar-refractivity contribution in [3.05, 3.63) is 29.8 Å². The van der Waals surface area contributed by atoms with Gasteiger partial charge in [-0.3, -0.25) is 9.59 Å². The van der Waals surface area contributed by atoms with Crippen molar-refractivity contribution in [3.63, 3.8) is 0 Å². The van der Waals surface area contributed by atoms with Gasteiger partial charge in [0.25, 0.3) is 5.91 Å². The van der Waals surface area contributed by atoms with E-state index in [0.717, 1.165) is 0 Å². The molecule has 154 valence electrons. The molecule has 1 saturated heterocycles. The molecule has 1 aromatic rings. The first-order valence-electron chi connectivity index (χ1n) is 9.48. The second-order valence-corrected chi connectivity index (χ2v) is 7.76. The number of phenolic OH excluding ortho intramolecular Hbond substituents is 1. The molecule has 1 heterocycles. The minimum absolute atomic E-state index is 0.0509. The summed E-state index contributed by atoms with van der Waals surface area (Å²) in [5.41, 5.74) is -0.147. The van der Waals surface area contributed by atoms with Crippen molar-refractivity contribution in [2.24, 2.45) is 0 Å². The Bertz CT molecular complexity index is 714. The fourth-order valence-electron chi connectivity index (χ4n) is 2.94. The van der Waals surface area contributed by atoms with Crippen molar-refractivity contribution in [2.75, 3.05) is 32.7 Å². The molecule has 8 nitrogen and oxygen atoms in total. The van der Waals surface area contributed by atoms with Gasteiger partial charge in [-0.2, -0.15) is 0 Å². The third kappa shape index (κ3) is 6.75. The Morgan fingerprint density at radius 1 is 1.11 bits per heavy atom.